The molecule has 0 saturated carbocycles. The topological polar surface area (TPSA) is 3.24 Å². The Morgan fingerprint density at radius 2 is 1.23 bits per heavy atom. The maximum absolute atomic E-state index is 2.59. The predicted molar refractivity (Wildman–Crippen MR) is 63.7 cm³/mol. The number of rotatable bonds is 8. The van der Waals surface area contributed by atoms with Gasteiger partial charge in [-0.15, -0.1) is 0 Å². The van der Waals surface area contributed by atoms with Gasteiger partial charge in [-0.25, -0.2) is 0 Å². The summed E-state index contributed by atoms with van der Waals surface area (Å²) < 4.78 is 0. The second-order valence-electron chi connectivity index (χ2n) is 3.55. The molecule has 76 valence electrons. The van der Waals surface area contributed by atoms with Crippen molar-refractivity contribution in [2.24, 2.45) is 0 Å². The molecule has 0 radical (unpaired) electrons. The molecule has 13 heavy (non-hydrogen) atoms. The number of hydrogen-bond acceptors (Lipinski definition) is 1. The summed E-state index contributed by atoms with van der Waals surface area (Å²) in [5, 5.41) is 0. The third-order valence-electron chi connectivity index (χ3n) is 2.16. The van der Waals surface area contributed by atoms with Gasteiger partial charge in [0, 0.05) is 0 Å². The van der Waals surface area contributed by atoms with Crippen molar-refractivity contribution in [1.29, 1.82) is 0 Å². The summed E-state index contributed by atoms with van der Waals surface area (Å²) in [5.41, 5.74) is 0. The van der Waals surface area contributed by atoms with Gasteiger partial charge in [0.05, 0.1) is 0 Å². The van der Waals surface area contributed by atoms with Crippen LogP contribution < -0.4 is 0 Å². The fourth-order valence-electron chi connectivity index (χ4n) is 1.55. The molecule has 0 unspecified atom stereocenters. The number of unbranched alkanes of at least 4 members (excludes halogenated alkanes) is 2. The average molecular weight is 179 g/mol. The van der Waals surface area contributed by atoms with E-state index in [1.165, 1.54) is 51.7 Å². The molecule has 0 aliphatic carbocycles. The van der Waals surface area contributed by atoms with Crippen LogP contribution in [-0.4, -0.2) is 43.4 Å². The van der Waals surface area contributed by atoms with E-state index in [0.29, 0.717) is 0 Å². The van der Waals surface area contributed by atoms with Gasteiger partial charge in [-0.2, -0.15) is 0 Å². The molecular formula is C11H26LiN. The molecule has 0 aromatic rings. The van der Waals surface area contributed by atoms with Crippen LogP contribution in [0.1, 0.15) is 52.9 Å². The van der Waals surface area contributed by atoms with E-state index in [1.807, 2.05) is 0 Å². The van der Waals surface area contributed by atoms with Crippen molar-refractivity contribution in [2.75, 3.05) is 19.6 Å². The Morgan fingerprint density at radius 3 is 1.62 bits per heavy atom. The van der Waals surface area contributed by atoms with E-state index in [-0.39, 0.29) is 18.9 Å². The Balaban J connectivity index is 0. The minimum atomic E-state index is 0. The van der Waals surface area contributed by atoms with Gasteiger partial charge in [0.2, 0.25) is 0 Å². The molecular weight excluding hydrogens is 153 g/mol. The summed E-state index contributed by atoms with van der Waals surface area (Å²) in [4.78, 5) is 2.59. The van der Waals surface area contributed by atoms with E-state index in [4.69, 9.17) is 0 Å². The summed E-state index contributed by atoms with van der Waals surface area (Å²) in [6.07, 6.45) is 6.71. The molecule has 1 nitrogen and oxygen atoms in total. The quantitative estimate of drug-likeness (QED) is 0.409. The minimum absolute atomic E-state index is 0. The Hall–Kier alpha value is 0.557. The first kappa shape index (κ1) is 16.0. The van der Waals surface area contributed by atoms with Crippen LogP contribution >= 0.6 is 0 Å². The molecule has 0 spiro atoms. The summed E-state index contributed by atoms with van der Waals surface area (Å²) in [6.45, 7) is 10.7. The summed E-state index contributed by atoms with van der Waals surface area (Å²) in [7, 11) is 0. The van der Waals surface area contributed by atoms with E-state index in [0.717, 1.165) is 0 Å². The molecule has 0 saturated heterocycles. The number of nitrogens with zero attached hydrogens (tertiary/aromatic N) is 1. The van der Waals surface area contributed by atoms with Crippen LogP contribution in [-0.2, 0) is 0 Å². The molecule has 0 aromatic heterocycles. The van der Waals surface area contributed by atoms with E-state index in [9.17, 15) is 0 Å². The molecule has 0 aliphatic rings. The standard InChI is InChI=1S/C11H25N.Li.H/c1-4-7-8-11-12(9-5-2)10-6-3;;/h4-11H2,1-3H3;;. The Bertz CT molecular complexity index is 80.2. The molecule has 2 heteroatoms. The van der Waals surface area contributed by atoms with Crippen molar-refractivity contribution in [1.82, 2.24) is 4.90 Å². The van der Waals surface area contributed by atoms with E-state index >= 15 is 0 Å². The SMILES string of the molecule is CCCCCN(CCC)CCC.[LiH]. The van der Waals surface area contributed by atoms with Crippen LogP contribution in [0.2, 0.25) is 0 Å². The fourth-order valence-corrected chi connectivity index (χ4v) is 1.55. The molecule has 0 N–H and O–H groups in total. The van der Waals surface area contributed by atoms with Crippen molar-refractivity contribution in [3.8, 4) is 0 Å². The zero-order valence-electron chi connectivity index (χ0n) is 9.10. The Morgan fingerprint density at radius 1 is 0.692 bits per heavy atom. The summed E-state index contributed by atoms with van der Waals surface area (Å²) >= 11 is 0. The van der Waals surface area contributed by atoms with Crippen LogP contribution in [0.4, 0.5) is 0 Å². The Kier molecular flexibility index (Phi) is 15.5. The van der Waals surface area contributed by atoms with Gasteiger partial charge >= 0.3 is 18.9 Å². The second kappa shape index (κ2) is 12.6. The molecule has 0 aromatic carbocycles. The van der Waals surface area contributed by atoms with Crippen molar-refractivity contribution < 1.29 is 0 Å². The molecule has 0 fully saturated rings. The van der Waals surface area contributed by atoms with Gasteiger partial charge in [-0.1, -0.05) is 33.6 Å². The molecule has 0 amide bonds. The van der Waals surface area contributed by atoms with Gasteiger partial charge in [0.1, 0.15) is 0 Å². The molecule has 0 aliphatic heterocycles. The van der Waals surface area contributed by atoms with Crippen molar-refractivity contribution >= 4 is 18.9 Å². The van der Waals surface area contributed by atoms with Crippen molar-refractivity contribution in [3.05, 3.63) is 0 Å². The predicted octanol–water partition coefficient (Wildman–Crippen LogP) is 2.65. The zero-order valence-corrected chi connectivity index (χ0v) is 9.10. The van der Waals surface area contributed by atoms with Crippen molar-refractivity contribution in [2.45, 2.75) is 52.9 Å². The van der Waals surface area contributed by atoms with Crippen LogP contribution in [0.3, 0.4) is 0 Å². The summed E-state index contributed by atoms with van der Waals surface area (Å²) in [5.74, 6) is 0. The molecule has 0 bridgehead atoms. The average Bonchev–Trinajstić information content (AvgIpc) is 2.06. The van der Waals surface area contributed by atoms with E-state index in [2.05, 4.69) is 25.7 Å². The van der Waals surface area contributed by atoms with Gasteiger partial charge in [0.25, 0.3) is 0 Å². The normalized spacial score (nSPS) is 10.2. The first-order valence-corrected chi connectivity index (χ1v) is 5.57. The van der Waals surface area contributed by atoms with Crippen LogP contribution in [0.25, 0.3) is 0 Å². The van der Waals surface area contributed by atoms with Gasteiger partial charge < -0.3 is 4.90 Å². The third kappa shape index (κ3) is 10.5. The monoisotopic (exact) mass is 179 g/mol. The van der Waals surface area contributed by atoms with Crippen LogP contribution in [0, 0.1) is 0 Å². The molecule has 0 atom stereocenters. The van der Waals surface area contributed by atoms with Crippen molar-refractivity contribution in [3.63, 3.8) is 0 Å². The maximum atomic E-state index is 2.59. The Labute approximate surface area is 96.4 Å². The van der Waals surface area contributed by atoms with E-state index in [1.54, 1.807) is 0 Å². The first-order valence-electron chi connectivity index (χ1n) is 5.57. The molecule has 0 rings (SSSR count). The number of hydrogen-bond donors (Lipinski definition) is 0. The molecule has 0 heterocycles. The van der Waals surface area contributed by atoms with E-state index < -0.39 is 0 Å². The third-order valence-corrected chi connectivity index (χ3v) is 2.16. The fraction of sp³-hybridized carbons (Fsp3) is 1.00. The van der Waals surface area contributed by atoms with Gasteiger partial charge in [-0.3, -0.25) is 0 Å². The van der Waals surface area contributed by atoms with Gasteiger partial charge in [0.15, 0.2) is 0 Å². The van der Waals surface area contributed by atoms with Crippen LogP contribution in [0.5, 0.6) is 0 Å². The zero-order chi connectivity index (χ0) is 9.23. The first-order chi connectivity index (χ1) is 5.85. The van der Waals surface area contributed by atoms with Crippen LogP contribution in [0.15, 0.2) is 0 Å². The summed E-state index contributed by atoms with van der Waals surface area (Å²) in [6, 6.07) is 0. The second-order valence-corrected chi connectivity index (χ2v) is 3.55. The van der Waals surface area contributed by atoms with Gasteiger partial charge in [-0.05, 0) is 38.9 Å².